The summed E-state index contributed by atoms with van der Waals surface area (Å²) >= 11 is 0. The molecule has 0 spiro atoms. The molecule has 1 aromatic heterocycles. The highest BCUT2D eigenvalue weighted by Gasteiger charge is 2.28. The lowest BCUT2D eigenvalue weighted by Gasteiger charge is -2.33. The minimum absolute atomic E-state index is 0.389. The molecule has 3 rings (SSSR count). The van der Waals surface area contributed by atoms with E-state index in [2.05, 4.69) is 35.9 Å². The van der Waals surface area contributed by atoms with Crippen LogP contribution in [0.25, 0.3) is 10.9 Å². The first kappa shape index (κ1) is 10.8. The number of benzene rings is 1. The van der Waals surface area contributed by atoms with E-state index in [1.54, 1.807) is 0 Å². The van der Waals surface area contributed by atoms with Crippen LogP contribution in [-0.2, 0) is 13.0 Å². The van der Waals surface area contributed by atoms with Gasteiger partial charge in [0.15, 0.2) is 0 Å². The number of aryl methyl sites for hydroxylation is 1. The molecule has 1 heterocycles. The molecule has 2 atom stereocenters. The molecular weight excluding hydrogens is 210 g/mol. The second-order valence-electron chi connectivity index (χ2n) is 4.99. The van der Waals surface area contributed by atoms with Crippen LogP contribution >= 0.6 is 0 Å². The summed E-state index contributed by atoms with van der Waals surface area (Å²) in [5, 5.41) is 6.02. The van der Waals surface area contributed by atoms with Gasteiger partial charge in [-0.2, -0.15) is 5.10 Å². The van der Waals surface area contributed by atoms with Gasteiger partial charge in [-0.3, -0.25) is 4.68 Å². The number of nitrogens with zero attached hydrogens (tertiary/aromatic N) is 2. The fourth-order valence-corrected chi connectivity index (χ4v) is 2.68. The van der Waals surface area contributed by atoms with E-state index in [0.29, 0.717) is 12.0 Å². The van der Waals surface area contributed by atoms with Crippen LogP contribution in [0.5, 0.6) is 0 Å². The van der Waals surface area contributed by atoms with E-state index in [1.165, 1.54) is 29.4 Å². The summed E-state index contributed by atoms with van der Waals surface area (Å²) in [6.07, 6.45) is 3.47. The third kappa shape index (κ3) is 1.75. The van der Waals surface area contributed by atoms with Gasteiger partial charge in [-0.1, -0.05) is 18.2 Å². The molecule has 0 aliphatic heterocycles. The van der Waals surface area contributed by atoms with Crippen LogP contribution in [-0.4, -0.2) is 15.8 Å². The second-order valence-corrected chi connectivity index (χ2v) is 4.99. The van der Waals surface area contributed by atoms with Gasteiger partial charge in [-0.25, -0.2) is 0 Å². The number of nitrogens with two attached hydrogens (primary N) is 1. The smallest absolute Gasteiger partial charge is 0.0706 e. The van der Waals surface area contributed by atoms with Crippen molar-refractivity contribution in [1.82, 2.24) is 9.78 Å². The van der Waals surface area contributed by atoms with Crippen LogP contribution in [0, 0.1) is 5.92 Å². The quantitative estimate of drug-likeness (QED) is 0.878. The van der Waals surface area contributed by atoms with Gasteiger partial charge in [0.1, 0.15) is 0 Å². The molecule has 0 bridgehead atoms. The van der Waals surface area contributed by atoms with Crippen molar-refractivity contribution in [1.29, 1.82) is 0 Å². The lowest BCUT2D eigenvalue weighted by atomic mass is 9.77. The summed E-state index contributed by atoms with van der Waals surface area (Å²) in [4.78, 5) is 0. The topological polar surface area (TPSA) is 43.8 Å². The van der Waals surface area contributed by atoms with Gasteiger partial charge in [-0.05, 0) is 38.2 Å². The van der Waals surface area contributed by atoms with Gasteiger partial charge in [0.25, 0.3) is 0 Å². The van der Waals surface area contributed by atoms with E-state index in [1.807, 2.05) is 0 Å². The molecule has 0 amide bonds. The zero-order valence-electron chi connectivity index (χ0n) is 10.3. The Morgan fingerprint density at radius 3 is 2.82 bits per heavy atom. The predicted octanol–water partition coefficient (Wildman–Crippen LogP) is 2.34. The minimum Gasteiger partial charge on any atom is -0.327 e. The minimum atomic E-state index is 0.389. The normalized spacial score (nSPS) is 23.9. The average molecular weight is 229 g/mol. The summed E-state index contributed by atoms with van der Waals surface area (Å²) in [5.41, 5.74) is 8.49. The van der Waals surface area contributed by atoms with Crippen molar-refractivity contribution < 1.29 is 0 Å². The Bertz CT molecular complexity index is 529. The summed E-state index contributed by atoms with van der Waals surface area (Å²) in [6, 6.07) is 8.88. The van der Waals surface area contributed by atoms with Crippen LogP contribution < -0.4 is 5.73 Å². The second kappa shape index (κ2) is 4.15. The molecule has 3 nitrogen and oxygen atoms in total. The standard InChI is InChI=1S/C14H19N3/c1-2-17-14-6-4-3-5-11(14)13(16-17)9-10-7-8-12(10)15/h3-6,10,12H,2,7-9,15H2,1H3. The lowest BCUT2D eigenvalue weighted by molar-refractivity contribution is 0.254. The number of hydrogen-bond donors (Lipinski definition) is 1. The van der Waals surface area contributed by atoms with Crippen molar-refractivity contribution in [2.75, 3.05) is 0 Å². The first-order chi connectivity index (χ1) is 8.29. The molecule has 2 unspecified atom stereocenters. The first-order valence-corrected chi connectivity index (χ1v) is 6.49. The van der Waals surface area contributed by atoms with E-state index in [4.69, 9.17) is 10.8 Å². The van der Waals surface area contributed by atoms with E-state index >= 15 is 0 Å². The van der Waals surface area contributed by atoms with Gasteiger partial charge in [0.2, 0.25) is 0 Å². The molecule has 2 N–H and O–H groups in total. The van der Waals surface area contributed by atoms with Gasteiger partial charge in [-0.15, -0.1) is 0 Å². The number of fused-ring (bicyclic) bond motifs is 1. The number of rotatable bonds is 3. The van der Waals surface area contributed by atoms with Crippen molar-refractivity contribution in [3.05, 3.63) is 30.0 Å². The van der Waals surface area contributed by atoms with Gasteiger partial charge in [0.05, 0.1) is 11.2 Å². The maximum absolute atomic E-state index is 6.02. The number of para-hydroxylation sites is 1. The maximum Gasteiger partial charge on any atom is 0.0706 e. The number of hydrogen-bond acceptors (Lipinski definition) is 2. The summed E-state index contributed by atoms with van der Waals surface area (Å²) in [6.45, 7) is 3.07. The maximum atomic E-state index is 6.02. The molecule has 3 heteroatoms. The Hall–Kier alpha value is -1.35. The predicted molar refractivity (Wildman–Crippen MR) is 69.8 cm³/mol. The summed E-state index contributed by atoms with van der Waals surface area (Å²) in [5.74, 6) is 0.638. The Balaban J connectivity index is 1.98. The van der Waals surface area contributed by atoms with Gasteiger partial charge < -0.3 is 5.73 Å². The van der Waals surface area contributed by atoms with Crippen LogP contribution in [0.4, 0.5) is 0 Å². The molecular formula is C14H19N3. The highest BCUT2D eigenvalue weighted by Crippen LogP contribution is 2.31. The third-order valence-corrected chi connectivity index (χ3v) is 3.97. The average Bonchev–Trinajstić information content (AvgIpc) is 2.72. The third-order valence-electron chi connectivity index (χ3n) is 3.97. The first-order valence-electron chi connectivity index (χ1n) is 6.49. The molecule has 0 radical (unpaired) electrons. The van der Waals surface area contributed by atoms with Crippen LogP contribution in [0.15, 0.2) is 24.3 Å². The van der Waals surface area contributed by atoms with Crippen LogP contribution in [0.1, 0.15) is 25.5 Å². The SMILES string of the molecule is CCn1nc(CC2CCC2N)c2ccccc21. The molecule has 2 aromatic rings. The Morgan fingerprint density at radius 1 is 1.35 bits per heavy atom. The van der Waals surface area contributed by atoms with Crippen LogP contribution in [0.2, 0.25) is 0 Å². The van der Waals surface area contributed by atoms with E-state index < -0.39 is 0 Å². The Morgan fingerprint density at radius 2 is 2.18 bits per heavy atom. The monoisotopic (exact) mass is 229 g/mol. The van der Waals surface area contributed by atoms with Gasteiger partial charge in [0, 0.05) is 18.0 Å². The van der Waals surface area contributed by atoms with Crippen molar-refractivity contribution in [3.8, 4) is 0 Å². The van der Waals surface area contributed by atoms with Crippen molar-refractivity contribution in [3.63, 3.8) is 0 Å². The Labute approximate surface area is 102 Å². The zero-order chi connectivity index (χ0) is 11.8. The van der Waals surface area contributed by atoms with Gasteiger partial charge >= 0.3 is 0 Å². The molecule has 0 saturated heterocycles. The van der Waals surface area contributed by atoms with E-state index in [-0.39, 0.29) is 0 Å². The fourth-order valence-electron chi connectivity index (χ4n) is 2.68. The molecule has 1 aliphatic carbocycles. The molecule has 1 fully saturated rings. The summed E-state index contributed by atoms with van der Waals surface area (Å²) < 4.78 is 2.09. The van der Waals surface area contributed by atoms with Crippen molar-refractivity contribution in [2.45, 2.75) is 38.8 Å². The number of aromatic nitrogens is 2. The lowest BCUT2D eigenvalue weighted by Crippen LogP contribution is -2.40. The molecule has 1 aliphatic rings. The van der Waals surface area contributed by atoms with Crippen LogP contribution in [0.3, 0.4) is 0 Å². The highest BCUT2D eigenvalue weighted by atomic mass is 15.3. The fraction of sp³-hybridized carbons (Fsp3) is 0.500. The van der Waals surface area contributed by atoms with Crippen molar-refractivity contribution >= 4 is 10.9 Å². The summed E-state index contributed by atoms with van der Waals surface area (Å²) in [7, 11) is 0. The van der Waals surface area contributed by atoms with E-state index in [0.717, 1.165) is 13.0 Å². The Kier molecular flexibility index (Phi) is 2.63. The zero-order valence-corrected chi connectivity index (χ0v) is 10.3. The van der Waals surface area contributed by atoms with E-state index in [9.17, 15) is 0 Å². The molecule has 1 aromatic carbocycles. The molecule has 17 heavy (non-hydrogen) atoms. The molecule has 90 valence electrons. The highest BCUT2D eigenvalue weighted by molar-refractivity contribution is 5.81. The largest absolute Gasteiger partial charge is 0.327 e. The molecule has 1 saturated carbocycles. The van der Waals surface area contributed by atoms with Crippen molar-refractivity contribution in [2.24, 2.45) is 11.7 Å².